The van der Waals surface area contributed by atoms with Crippen molar-refractivity contribution in [2.24, 2.45) is 22.6 Å². The molecule has 12 heteroatoms. The predicted octanol–water partition coefficient (Wildman–Crippen LogP) is 2.49. The van der Waals surface area contributed by atoms with Gasteiger partial charge in [0, 0.05) is 19.8 Å². The van der Waals surface area contributed by atoms with Crippen LogP contribution in [0.2, 0.25) is 0 Å². The quantitative estimate of drug-likeness (QED) is 0.204. The van der Waals surface area contributed by atoms with Crippen LogP contribution in [0.25, 0.3) is 16.9 Å². The van der Waals surface area contributed by atoms with E-state index in [2.05, 4.69) is 17.9 Å². The fourth-order valence-electron chi connectivity index (χ4n) is 8.29. The van der Waals surface area contributed by atoms with E-state index in [4.69, 9.17) is 17.2 Å². The van der Waals surface area contributed by atoms with Crippen LogP contribution >= 0.6 is 0 Å². The number of rotatable bonds is 4. The SMILES string of the molecule is CN(C)c1ccc(-c2cc(C#CC3=CCCCC3)c(O)c3c2C[C@@]2(N)C[C@@]4(N)[C@H](N(C)C)C(=O)C(C(N)=O)=C(O)[C@@]4(C#N)C(=O)C2=C3O)cc1. The number of benzene rings is 2. The van der Waals surface area contributed by atoms with Gasteiger partial charge in [0.2, 0.25) is 0 Å². The molecule has 0 radical (unpaired) electrons. The number of hydrogen-bond acceptors (Lipinski definition) is 11. The van der Waals surface area contributed by atoms with Crippen molar-refractivity contribution in [2.75, 3.05) is 33.1 Å². The highest BCUT2D eigenvalue weighted by Crippen LogP contribution is 2.59. The number of nitrogens with zero attached hydrogens (tertiary/aromatic N) is 3. The van der Waals surface area contributed by atoms with Gasteiger partial charge in [0.1, 0.15) is 22.8 Å². The number of phenols is 1. The van der Waals surface area contributed by atoms with E-state index in [1.807, 2.05) is 49.3 Å². The molecular weight excluding hydrogens is 636 g/mol. The van der Waals surface area contributed by atoms with Crippen LogP contribution in [-0.2, 0) is 20.8 Å². The molecule has 6 rings (SSSR count). The first kappa shape index (κ1) is 34.5. The van der Waals surface area contributed by atoms with Crippen molar-refractivity contribution in [1.82, 2.24) is 4.90 Å². The third-order valence-corrected chi connectivity index (χ3v) is 10.6. The number of fused-ring (bicyclic) bond motifs is 3. The Kier molecular flexibility index (Phi) is 8.19. The number of allylic oxidation sites excluding steroid dienone is 2. The Morgan fingerprint density at radius 1 is 1.02 bits per heavy atom. The molecule has 2 aromatic rings. The Morgan fingerprint density at radius 3 is 2.26 bits per heavy atom. The van der Waals surface area contributed by atoms with Gasteiger partial charge in [-0.05, 0) is 93.1 Å². The van der Waals surface area contributed by atoms with Crippen molar-refractivity contribution in [1.29, 1.82) is 5.26 Å². The standard InChI is InChI=1S/C38H40N6O6/c1-43(2)23-14-12-21(13-15-23)24-16-22(11-10-20-8-6-5-7-9-20)29(45)26-25(24)17-36(41)18-38(42)32(44(3)4)31(47)27(35(40)50)33(48)37(38,19-39)34(49)28(36)30(26)46/h8,12-16,32,45-46,48H,5-7,9,17-18,41-42H2,1-4H3,(H2,40,50)/t32-,36-,37+,38-/m1/s1. The van der Waals surface area contributed by atoms with Crippen LogP contribution in [0.15, 0.2) is 58.9 Å². The minimum atomic E-state index is -2.74. The highest BCUT2D eigenvalue weighted by atomic mass is 16.3. The number of aliphatic hydroxyl groups is 2. The molecule has 0 bridgehead atoms. The summed E-state index contributed by atoms with van der Waals surface area (Å²) in [5.41, 5.74) is 15.1. The molecule has 0 spiro atoms. The number of ketones is 2. The van der Waals surface area contributed by atoms with Gasteiger partial charge >= 0.3 is 0 Å². The number of phenolic OH excluding ortho intramolecular Hbond substituents is 1. The Morgan fingerprint density at radius 2 is 1.70 bits per heavy atom. The zero-order chi connectivity index (χ0) is 36.5. The molecule has 1 saturated carbocycles. The maximum Gasteiger partial charge on any atom is 0.255 e. The summed E-state index contributed by atoms with van der Waals surface area (Å²) in [5, 5.41) is 46.1. The van der Waals surface area contributed by atoms with E-state index in [-0.39, 0.29) is 17.5 Å². The number of amides is 1. The molecule has 9 N–H and O–H groups in total. The molecule has 0 aliphatic heterocycles. The van der Waals surface area contributed by atoms with Crippen molar-refractivity contribution in [3.63, 3.8) is 0 Å². The number of carbonyl (C=O) groups is 3. The number of nitrogens with two attached hydrogens (primary N) is 3. The van der Waals surface area contributed by atoms with E-state index in [1.165, 1.54) is 19.0 Å². The Hall–Kier alpha value is -5.40. The number of aliphatic hydroxyl groups excluding tert-OH is 2. The molecule has 1 amide bonds. The minimum Gasteiger partial charge on any atom is -0.509 e. The number of anilines is 1. The second kappa shape index (κ2) is 11.9. The summed E-state index contributed by atoms with van der Waals surface area (Å²) in [5.74, 6) is 0.401. The van der Waals surface area contributed by atoms with Crippen molar-refractivity contribution in [3.8, 4) is 34.8 Å². The molecule has 2 aromatic carbocycles. The van der Waals surface area contributed by atoms with Gasteiger partial charge in [0.15, 0.2) is 17.0 Å². The Bertz CT molecular complexity index is 2080. The van der Waals surface area contributed by atoms with Gasteiger partial charge in [-0.2, -0.15) is 5.26 Å². The van der Waals surface area contributed by atoms with Crippen LogP contribution in [0.1, 0.15) is 48.8 Å². The van der Waals surface area contributed by atoms with Gasteiger partial charge < -0.3 is 37.4 Å². The third kappa shape index (κ3) is 4.75. The summed E-state index contributed by atoms with van der Waals surface area (Å²) in [4.78, 5) is 44.3. The van der Waals surface area contributed by atoms with Gasteiger partial charge in [-0.25, -0.2) is 0 Å². The molecule has 1 fully saturated rings. The number of aromatic hydroxyl groups is 1. The molecule has 4 aliphatic rings. The summed E-state index contributed by atoms with van der Waals surface area (Å²) in [6.45, 7) is 0. The first-order valence-electron chi connectivity index (χ1n) is 16.3. The number of likely N-dealkylation sites (N-methyl/N-ethyl adjacent to an activating group) is 1. The van der Waals surface area contributed by atoms with Gasteiger partial charge in [-0.15, -0.1) is 0 Å². The van der Waals surface area contributed by atoms with Gasteiger partial charge in [-0.3, -0.25) is 19.3 Å². The second-order valence-corrected chi connectivity index (χ2v) is 14.1. The normalized spacial score (nSPS) is 27.4. The summed E-state index contributed by atoms with van der Waals surface area (Å²) in [6.07, 6.45) is 5.21. The topological polar surface area (TPSA) is 220 Å². The molecule has 0 saturated heterocycles. The van der Waals surface area contributed by atoms with E-state index in [9.17, 15) is 35.0 Å². The van der Waals surface area contributed by atoms with Crippen molar-refractivity contribution in [3.05, 3.63) is 75.6 Å². The fourth-order valence-corrected chi connectivity index (χ4v) is 8.29. The number of primary amides is 1. The Balaban J connectivity index is 1.66. The predicted molar refractivity (Wildman–Crippen MR) is 187 cm³/mol. The molecule has 258 valence electrons. The highest BCUT2D eigenvalue weighted by Gasteiger charge is 2.74. The number of carbonyl (C=O) groups excluding carboxylic acids is 3. The van der Waals surface area contributed by atoms with Crippen LogP contribution < -0.4 is 22.1 Å². The lowest BCUT2D eigenvalue weighted by Crippen LogP contribution is -2.80. The number of nitriles is 1. The lowest BCUT2D eigenvalue weighted by atomic mass is 9.47. The summed E-state index contributed by atoms with van der Waals surface area (Å²) >= 11 is 0. The van der Waals surface area contributed by atoms with Gasteiger partial charge in [-0.1, -0.05) is 30.0 Å². The zero-order valence-electron chi connectivity index (χ0n) is 28.4. The first-order chi connectivity index (χ1) is 23.5. The highest BCUT2D eigenvalue weighted by molar-refractivity contribution is 6.25. The first-order valence-corrected chi connectivity index (χ1v) is 16.3. The van der Waals surface area contributed by atoms with E-state index in [0.717, 1.165) is 36.9 Å². The fraction of sp³-hybridized carbons (Fsp3) is 0.368. The molecule has 50 heavy (non-hydrogen) atoms. The largest absolute Gasteiger partial charge is 0.509 e. The van der Waals surface area contributed by atoms with Gasteiger partial charge in [0.05, 0.1) is 39.9 Å². The lowest BCUT2D eigenvalue weighted by molar-refractivity contribution is -0.139. The van der Waals surface area contributed by atoms with Crippen LogP contribution in [-0.4, -0.2) is 83.0 Å². The van der Waals surface area contributed by atoms with Crippen molar-refractivity contribution < 1.29 is 29.7 Å². The molecule has 0 unspecified atom stereocenters. The Labute approximate surface area is 290 Å². The number of hydrogen-bond donors (Lipinski definition) is 6. The van der Waals surface area contributed by atoms with Crippen molar-refractivity contribution in [2.45, 2.75) is 55.6 Å². The maximum atomic E-state index is 14.8. The van der Waals surface area contributed by atoms with Crippen LogP contribution in [0.4, 0.5) is 5.69 Å². The van der Waals surface area contributed by atoms with E-state index in [0.29, 0.717) is 16.7 Å². The smallest absolute Gasteiger partial charge is 0.255 e. The molecule has 4 atom stereocenters. The number of Topliss-reactive ketones (excluding diaryl/α,β-unsaturated/α-hetero) is 2. The molecule has 4 aliphatic carbocycles. The monoisotopic (exact) mass is 676 g/mol. The van der Waals surface area contributed by atoms with E-state index >= 15 is 0 Å². The van der Waals surface area contributed by atoms with Crippen LogP contribution in [0, 0.1) is 28.6 Å². The third-order valence-electron chi connectivity index (χ3n) is 10.6. The zero-order valence-corrected chi connectivity index (χ0v) is 28.4. The van der Waals surface area contributed by atoms with Crippen LogP contribution in [0.5, 0.6) is 5.75 Å². The van der Waals surface area contributed by atoms with Crippen LogP contribution in [0.3, 0.4) is 0 Å². The lowest BCUT2D eigenvalue weighted by Gasteiger charge is -2.58. The molecule has 0 aromatic heterocycles. The summed E-state index contributed by atoms with van der Waals surface area (Å²) < 4.78 is 0. The molecular formula is C38H40N6O6. The van der Waals surface area contributed by atoms with E-state index in [1.54, 1.807) is 6.07 Å². The summed E-state index contributed by atoms with van der Waals surface area (Å²) in [6, 6.07) is 9.64. The minimum absolute atomic E-state index is 0.0993. The van der Waals surface area contributed by atoms with E-state index < -0.39 is 74.8 Å². The maximum absolute atomic E-state index is 14.8. The average Bonchev–Trinajstić information content (AvgIpc) is 3.04. The second-order valence-electron chi connectivity index (χ2n) is 14.1. The molecule has 12 nitrogen and oxygen atoms in total. The molecule has 0 heterocycles. The average molecular weight is 677 g/mol. The summed E-state index contributed by atoms with van der Waals surface area (Å²) in [7, 11) is 6.78. The van der Waals surface area contributed by atoms with Gasteiger partial charge in [0.25, 0.3) is 5.91 Å². The van der Waals surface area contributed by atoms with Crippen molar-refractivity contribution >= 4 is 28.9 Å².